The lowest BCUT2D eigenvalue weighted by Gasteiger charge is -2.10. The van der Waals surface area contributed by atoms with E-state index in [0.29, 0.717) is 22.4 Å². The Morgan fingerprint density at radius 2 is 1.56 bits per heavy atom. The second-order valence-electron chi connectivity index (χ2n) is 6.84. The lowest BCUT2D eigenvalue weighted by atomic mass is 10.1. The average molecular weight is 452 g/mol. The van der Waals surface area contributed by atoms with Crippen molar-refractivity contribution in [2.45, 2.75) is 4.90 Å². The van der Waals surface area contributed by atoms with Crippen molar-refractivity contribution in [2.24, 2.45) is 10.9 Å². The summed E-state index contributed by atoms with van der Waals surface area (Å²) in [7, 11) is -3.89. The van der Waals surface area contributed by atoms with Gasteiger partial charge in [-0.05, 0) is 35.9 Å². The Kier molecular flexibility index (Phi) is 6.67. The minimum absolute atomic E-state index is 0.00772. The Hall–Kier alpha value is -4.02. The van der Waals surface area contributed by atoms with Crippen LogP contribution in [0.5, 0.6) is 0 Å². The molecule has 32 heavy (non-hydrogen) atoms. The number of amidine groups is 1. The molecule has 9 nitrogen and oxygen atoms in total. The molecule has 0 spiro atoms. The third-order valence-corrected chi connectivity index (χ3v) is 5.49. The molecule has 0 aromatic heterocycles. The topological polar surface area (TPSA) is 168 Å². The highest BCUT2D eigenvalue weighted by molar-refractivity contribution is 7.89. The molecule has 3 rings (SSSR count). The molecule has 10 heteroatoms. The van der Waals surface area contributed by atoms with Gasteiger partial charge in [0.1, 0.15) is 5.84 Å². The SMILES string of the molecule is N=C(N)c1cccc(C(=O)NCC(=O)Nc2ccc(-c3ccccc3S(N)(=O)=O)cc2)c1. The van der Waals surface area contributed by atoms with Crippen molar-refractivity contribution in [2.75, 3.05) is 11.9 Å². The van der Waals surface area contributed by atoms with E-state index in [-0.39, 0.29) is 22.8 Å². The van der Waals surface area contributed by atoms with Crippen LogP contribution >= 0.6 is 0 Å². The van der Waals surface area contributed by atoms with Crippen LogP contribution in [0.15, 0.2) is 77.7 Å². The first-order valence-electron chi connectivity index (χ1n) is 9.40. The number of carbonyl (C=O) groups excluding carboxylic acids is 2. The molecule has 0 aliphatic heterocycles. The van der Waals surface area contributed by atoms with Crippen molar-refractivity contribution in [3.63, 3.8) is 0 Å². The van der Waals surface area contributed by atoms with E-state index in [1.165, 1.54) is 12.1 Å². The largest absolute Gasteiger partial charge is 0.384 e. The molecule has 0 aliphatic rings. The van der Waals surface area contributed by atoms with Crippen LogP contribution in [0.25, 0.3) is 11.1 Å². The van der Waals surface area contributed by atoms with Crippen LogP contribution in [0.4, 0.5) is 5.69 Å². The first-order valence-corrected chi connectivity index (χ1v) is 10.9. The molecule has 0 heterocycles. The monoisotopic (exact) mass is 451 g/mol. The van der Waals surface area contributed by atoms with Crippen LogP contribution in [0.3, 0.4) is 0 Å². The van der Waals surface area contributed by atoms with Crippen molar-refractivity contribution >= 4 is 33.4 Å². The predicted octanol–water partition coefficient (Wildman–Crippen LogP) is 1.65. The molecular formula is C22H21N5O4S. The highest BCUT2D eigenvalue weighted by Gasteiger charge is 2.15. The van der Waals surface area contributed by atoms with Gasteiger partial charge < -0.3 is 16.4 Å². The number of sulfonamides is 1. The summed E-state index contributed by atoms with van der Waals surface area (Å²) in [5.41, 5.74) is 7.65. The van der Waals surface area contributed by atoms with Crippen molar-refractivity contribution in [1.82, 2.24) is 5.32 Å². The molecule has 2 amide bonds. The molecular weight excluding hydrogens is 430 g/mol. The van der Waals surface area contributed by atoms with Gasteiger partial charge in [0.25, 0.3) is 5.91 Å². The Balaban J connectivity index is 1.63. The molecule has 164 valence electrons. The van der Waals surface area contributed by atoms with Crippen LogP contribution in [0.2, 0.25) is 0 Å². The van der Waals surface area contributed by atoms with Gasteiger partial charge in [0, 0.05) is 22.4 Å². The van der Waals surface area contributed by atoms with Crippen molar-refractivity contribution in [3.05, 3.63) is 83.9 Å². The maximum Gasteiger partial charge on any atom is 0.251 e. The predicted molar refractivity (Wildman–Crippen MR) is 122 cm³/mol. The zero-order valence-electron chi connectivity index (χ0n) is 16.8. The second-order valence-corrected chi connectivity index (χ2v) is 8.37. The molecule has 0 radical (unpaired) electrons. The van der Waals surface area contributed by atoms with Crippen LogP contribution < -0.4 is 21.5 Å². The fraction of sp³-hybridized carbons (Fsp3) is 0.0455. The Morgan fingerprint density at radius 3 is 2.22 bits per heavy atom. The van der Waals surface area contributed by atoms with Crippen molar-refractivity contribution in [3.8, 4) is 11.1 Å². The summed E-state index contributed by atoms with van der Waals surface area (Å²) in [5, 5.41) is 17.9. The number of rotatable bonds is 7. The molecule has 0 fully saturated rings. The van der Waals surface area contributed by atoms with Gasteiger partial charge in [0.05, 0.1) is 11.4 Å². The smallest absolute Gasteiger partial charge is 0.251 e. The second kappa shape index (κ2) is 9.41. The van der Waals surface area contributed by atoms with Gasteiger partial charge in [-0.2, -0.15) is 0 Å². The van der Waals surface area contributed by atoms with E-state index in [4.69, 9.17) is 16.3 Å². The first kappa shape index (κ1) is 22.7. The number of hydrogen-bond acceptors (Lipinski definition) is 5. The van der Waals surface area contributed by atoms with Gasteiger partial charge in [0.2, 0.25) is 15.9 Å². The maximum atomic E-state index is 12.2. The molecule has 0 bridgehead atoms. The van der Waals surface area contributed by atoms with Crippen molar-refractivity contribution in [1.29, 1.82) is 5.41 Å². The summed E-state index contributed by atoms with van der Waals surface area (Å²) in [6.07, 6.45) is 0. The van der Waals surface area contributed by atoms with Crippen LogP contribution in [0.1, 0.15) is 15.9 Å². The van der Waals surface area contributed by atoms with E-state index in [0.717, 1.165) is 0 Å². The fourth-order valence-corrected chi connectivity index (χ4v) is 3.74. The Labute approximate surface area is 185 Å². The van der Waals surface area contributed by atoms with Crippen molar-refractivity contribution < 1.29 is 18.0 Å². The number of carbonyl (C=O) groups is 2. The van der Waals surface area contributed by atoms with Gasteiger partial charge in [-0.1, -0.05) is 42.5 Å². The van der Waals surface area contributed by atoms with Gasteiger partial charge in [-0.3, -0.25) is 15.0 Å². The number of hydrogen-bond donors (Lipinski definition) is 5. The average Bonchev–Trinajstić information content (AvgIpc) is 2.77. The molecule has 0 aliphatic carbocycles. The van der Waals surface area contributed by atoms with Gasteiger partial charge >= 0.3 is 0 Å². The van der Waals surface area contributed by atoms with E-state index >= 15 is 0 Å². The number of nitrogens with one attached hydrogen (secondary N) is 3. The number of nitrogens with two attached hydrogens (primary N) is 2. The molecule has 0 saturated carbocycles. The molecule has 0 atom stereocenters. The van der Waals surface area contributed by atoms with Gasteiger partial charge in [-0.25, -0.2) is 13.6 Å². The third-order valence-electron chi connectivity index (χ3n) is 4.52. The van der Waals surface area contributed by atoms with E-state index in [2.05, 4.69) is 10.6 Å². The number of primary sulfonamides is 1. The zero-order chi connectivity index (χ0) is 23.3. The number of anilines is 1. The van der Waals surface area contributed by atoms with Crippen LogP contribution in [0, 0.1) is 5.41 Å². The first-order chi connectivity index (χ1) is 15.1. The normalized spacial score (nSPS) is 10.9. The summed E-state index contributed by atoms with van der Waals surface area (Å²) in [5.74, 6) is -1.08. The maximum absolute atomic E-state index is 12.2. The minimum Gasteiger partial charge on any atom is -0.384 e. The lowest BCUT2D eigenvalue weighted by Crippen LogP contribution is -2.33. The summed E-state index contributed by atoms with van der Waals surface area (Å²) < 4.78 is 23.6. The third kappa shape index (κ3) is 5.56. The standard InChI is InChI=1S/C22H21N5O4S/c23-21(24)15-4-3-5-16(12-15)22(29)26-13-20(28)27-17-10-8-14(9-11-17)18-6-1-2-7-19(18)32(25,30)31/h1-12H,13H2,(H3,23,24)(H,26,29)(H,27,28)(H2,25,30,31). The van der Waals surface area contributed by atoms with E-state index in [9.17, 15) is 18.0 Å². The molecule has 3 aromatic carbocycles. The van der Waals surface area contributed by atoms with Gasteiger partial charge in [-0.15, -0.1) is 0 Å². The summed E-state index contributed by atoms with van der Waals surface area (Å²) in [4.78, 5) is 24.4. The van der Waals surface area contributed by atoms with Crippen LogP contribution in [-0.4, -0.2) is 32.6 Å². The summed E-state index contributed by atoms with van der Waals surface area (Å²) >= 11 is 0. The van der Waals surface area contributed by atoms with E-state index in [1.54, 1.807) is 60.7 Å². The zero-order valence-corrected chi connectivity index (χ0v) is 17.6. The lowest BCUT2D eigenvalue weighted by molar-refractivity contribution is -0.115. The summed E-state index contributed by atoms with van der Waals surface area (Å²) in [6, 6.07) is 19.1. The Morgan fingerprint density at radius 1 is 0.906 bits per heavy atom. The highest BCUT2D eigenvalue weighted by Crippen LogP contribution is 2.27. The number of amides is 2. The van der Waals surface area contributed by atoms with Gasteiger partial charge in [0.15, 0.2) is 0 Å². The Bertz CT molecular complexity index is 1290. The minimum atomic E-state index is -3.89. The molecule has 0 unspecified atom stereocenters. The molecule has 3 aromatic rings. The quantitative estimate of drug-likeness (QED) is 0.271. The highest BCUT2D eigenvalue weighted by atomic mass is 32.2. The number of nitrogen functional groups attached to an aromatic ring is 1. The molecule has 7 N–H and O–H groups in total. The fourth-order valence-electron chi connectivity index (χ4n) is 2.98. The van der Waals surface area contributed by atoms with E-state index in [1.807, 2.05) is 0 Å². The van der Waals surface area contributed by atoms with Crippen LogP contribution in [-0.2, 0) is 14.8 Å². The van der Waals surface area contributed by atoms with E-state index < -0.39 is 21.8 Å². The molecule has 0 saturated heterocycles. The number of benzene rings is 3. The summed E-state index contributed by atoms with van der Waals surface area (Å²) in [6.45, 7) is -0.265.